The summed E-state index contributed by atoms with van der Waals surface area (Å²) in [6.07, 6.45) is -0.365. The molecule has 1 heterocycles. The molecule has 0 fully saturated rings. The van der Waals surface area contributed by atoms with E-state index in [1.807, 2.05) is 55.5 Å². The maximum Gasteiger partial charge on any atom is 0.194 e. The van der Waals surface area contributed by atoms with Crippen molar-refractivity contribution in [3.8, 4) is 0 Å². The highest BCUT2D eigenvalue weighted by atomic mass is 16.5. The number of aromatic nitrogens is 3. The molecule has 3 rings (SSSR count). The highest BCUT2D eigenvalue weighted by Crippen LogP contribution is 2.22. The van der Waals surface area contributed by atoms with Crippen molar-refractivity contribution in [2.45, 2.75) is 13.2 Å². The van der Waals surface area contributed by atoms with Gasteiger partial charge >= 0.3 is 0 Å². The van der Waals surface area contributed by atoms with Crippen LogP contribution in [0.3, 0.4) is 0 Å². The van der Waals surface area contributed by atoms with Gasteiger partial charge in [-0.05, 0) is 31.2 Å². The molecule has 0 aliphatic rings. The zero-order chi connectivity index (χ0) is 13.9. The summed E-state index contributed by atoms with van der Waals surface area (Å²) in [6.45, 7) is 2.51. The number of rotatable bonds is 4. The molecule has 1 aromatic heterocycles. The van der Waals surface area contributed by atoms with Gasteiger partial charge in [0.15, 0.2) is 6.23 Å². The van der Waals surface area contributed by atoms with Gasteiger partial charge in [-0.1, -0.05) is 24.3 Å². The lowest BCUT2D eigenvalue weighted by atomic mass is 10.2. The van der Waals surface area contributed by atoms with Crippen LogP contribution < -0.4 is 5.73 Å². The smallest absolute Gasteiger partial charge is 0.194 e. The van der Waals surface area contributed by atoms with Crippen LogP contribution in [0.1, 0.15) is 18.7 Å². The topological polar surface area (TPSA) is 66.0 Å². The van der Waals surface area contributed by atoms with Crippen molar-refractivity contribution < 1.29 is 4.74 Å². The van der Waals surface area contributed by atoms with Crippen LogP contribution in [0.25, 0.3) is 11.0 Å². The molecule has 2 aromatic carbocycles. The van der Waals surface area contributed by atoms with E-state index >= 15 is 0 Å². The molecule has 5 nitrogen and oxygen atoms in total. The number of ether oxygens (including phenoxy) is 1. The van der Waals surface area contributed by atoms with E-state index in [9.17, 15) is 0 Å². The molecule has 0 bridgehead atoms. The van der Waals surface area contributed by atoms with E-state index in [0.717, 1.165) is 16.6 Å². The molecule has 5 heteroatoms. The largest absolute Gasteiger partial charge is 0.399 e. The predicted molar refractivity (Wildman–Crippen MR) is 78.1 cm³/mol. The molecule has 0 spiro atoms. The number of hydrogen-bond acceptors (Lipinski definition) is 4. The van der Waals surface area contributed by atoms with Crippen molar-refractivity contribution in [2.24, 2.45) is 0 Å². The molecule has 0 aliphatic carbocycles. The Kier molecular flexibility index (Phi) is 3.35. The minimum absolute atomic E-state index is 0.365. The molecular weight excluding hydrogens is 252 g/mol. The van der Waals surface area contributed by atoms with E-state index in [-0.39, 0.29) is 6.23 Å². The molecule has 102 valence electrons. The average Bonchev–Trinajstić information content (AvgIpc) is 2.88. The zero-order valence-corrected chi connectivity index (χ0v) is 11.2. The van der Waals surface area contributed by atoms with Crippen molar-refractivity contribution in [1.29, 1.82) is 0 Å². The molecule has 3 aromatic rings. The molecule has 0 amide bonds. The van der Waals surface area contributed by atoms with Gasteiger partial charge in [0.05, 0.1) is 0 Å². The van der Waals surface area contributed by atoms with Gasteiger partial charge in [0.1, 0.15) is 11.0 Å². The fourth-order valence-corrected chi connectivity index (χ4v) is 2.15. The lowest BCUT2D eigenvalue weighted by molar-refractivity contribution is 0.0228. The third-order valence-electron chi connectivity index (χ3n) is 3.03. The molecule has 20 heavy (non-hydrogen) atoms. The van der Waals surface area contributed by atoms with E-state index in [4.69, 9.17) is 10.5 Å². The summed E-state index contributed by atoms with van der Waals surface area (Å²) in [6, 6.07) is 15.3. The zero-order valence-electron chi connectivity index (χ0n) is 11.2. The van der Waals surface area contributed by atoms with Crippen LogP contribution in [0.4, 0.5) is 5.69 Å². The van der Waals surface area contributed by atoms with E-state index in [1.165, 1.54) is 0 Å². The van der Waals surface area contributed by atoms with Gasteiger partial charge in [-0.15, -0.1) is 4.80 Å². The molecule has 0 saturated heterocycles. The highest BCUT2D eigenvalue weighted by molar-refractivity contribution is 5.73. The first-order valence-corrected chi connectivity index (χ1v) is 6.56. The van der Waals surface area contributed by atoms with Gasteiger partial charge in [0.2, 0.25) is 0 Å². The van der Waals surface area contributed by atoms with Crippen LogP contribution in [0.2, 0.25) is 0 Å². The molecular formula is C15H16N4O. The lowest BCUT2D eigenvalue weighted by Gasteiger charge is -2.16. The first-order chi connectivity index (χ1) is 9.78. The number of benzene rings is 2. The Balaban J connectivity index is 2.05. The first-order valence-electron chi connectivity index (χ1n) is 6.56. The SMILES string of the molecule is CCOC(c1cccc(N)c1)n1nc2ccccc2n1. The van der Waals surface area contributed by atoms with Crippen LogP contribution in [-0.2, 0) is 4.74 Å². The summed E-state index contributed by atoms with van der Waals surface area (Å²) in [5.41, 5.74) is 9.17. The van der Waals surface area contributed by atoms with Crippen LogP contribution >= 0.6 is 0 Å². The fourth-order valence-electron chi connectivity index (χ4n) is 2.15. The number of nitrogens with two attached hydrogens (primary N) is 1. The molecule has 1 atom stereocenters. The maximum atomic E-state index is 5.84. The van der Waals surface area contributed by atoms with Crippen molar-refractivity contribution in [3.05, 3.63) is 54.1 Å². The number of anilines is 1. The van der Waals surface area contributed by atoms with Crippen LogP contribution in [0, 0.1) is 0 Å². The number of nitrogens with zero attached hydrogens (tertiary/aromatic N) is 3. The fraction of sp³-hybridized carbons (Fsp3) is 0.200. The Morgan fingerprint density at radius 1 is 1.10 bits per heavy atom. The van der Waals surface area contributed by atoms with Gasteiger partial charge in [0, 0.05) is 17.9 Å². The summed E-state index contributed by atoms with van der Waals surface area (Å²) in [5, 5.41) is 8.95. The van der Waals surface area contributed by atoms with Gasteiger partial charge in [-0.3, -0.25) is 0 Å². The second kappa shape index (κ2) is 5.30. The van der Waals surface area contributed by atoms with Crippen LogP contribution in [0.5, 0.6) is 0 Å². The van der Waals surface area contributed by atoms with Crippen LogP contribution in [0.15, 0.2) is 48.5 Å². The highest BCUT2D eigenvalue weighted by Gasteiger charge is 2.17. The molecule has 0 radical (unpaired) electrons. The van der Waals surface area contributed by atoms with Gasteiger partial charge in [-0.2, -0.15) is 10.2 Å². The minimum Gasteiger partial charge on any atom is -0.399 e. The Morgan fingerprint density at radius 2 is 1.80 bits per heavy atom. The second-order valence-electron chi connectivity index (χ2n) is 4.49. The summed E-state index contributed by atoms with van der Waals surface area (Å²) in [7, 11) is 0. The molecule has 0 saturated carbocycles. The number of nitrogen functional groups attached to an aromatic ring is 1. The van der Waals surface area contributed by atoms with Gasteiger partial charge < -0.3 is 10.5 Å². The Morgan fingerprint density at radius 3 is 2.40 bits per heavy atom. The number of hydrogen-bond donors (Lipinski definition) is 1. The van der Waals surface area contributed by atoms with E-state index < -0.39 is 0 Å². The summed E-state index contributed by atoms with van der Waals surface area (Å²) < 4.78 is 5.78. The first kappa shape index (κ1) is 12.6. The normalized spacial score (nSPS) is 12.7. The summed E-state index contributed by atoms with van der Waals surface area (Å²) in [5.74, 6) is 0. The monoisotopic (exact) mass is 268 g/mol. The minimum atomic E-state index is -0.365. The quantitative estimate of drug-likeness (QED) is 0.739. The van der Waals surface area contributed by atoms with E-state index in [1.54, 1.807) is 4.80 Å². The third-order valence-corrected chi connectivity index (χ3v) is 3.03. The Hall–Kier alpha value is -2.40. The average molecular weight is 268 g/mol. The van der Waals surface area contributed by atoms with Crippen molar-refractivity contribution in [1.82, 2.24) is 15.0 Å². The van der Waals surface area contributed by atoms with Crippen LogP contribution in [-0.4, -0.2) is 21.6 Å². The molecule has 2 N–H and O–H groups in total. The number of fused-ring (bicyclic) bond motifs is 1. The van der Waals surface area contributed by atoms with Gasteiger partial charge in [0.25, 0.3) is 0 Å². The van der Waals surface area contributed by atoms with E-state index in [2.05, 4.69) is 10.2 Å². The third kappa shape index (κ3) is 2.35. The molecule has 1 unspecified atom stereocenters. The van der Waals surface area contributed by atoms with E-state index in [0.29, 0.717) is 12.3 Å². The summed E-state index contributed by atoms with van der Waals surface area (Å²) in [4.78, 5) is 1.60. The Labute approximate surface area is 117 Å². The summed E-state index contributed by atoms with van der Waals surface area (Å²) >= 11 is 0. The predicted octanol–water partition coefficient (Wildman–Crippen LogP) is 2.60. The van der Waals surface area contributed by atoms with Crippen molar-refractivity contribution in [2.75, 3.05) is 12.3 Å². The van der Waals surface area contributed by atoms with Crippen molar-refractivity contribution >= 4 is 16.7 Å². The second-order valence-corrected chi connectivity index (χ2v) is 4.49. The maximum absolute atomic E-state index is 5.84. The standard InChI is InChI=1S/C15H16N4O/c1-2-20-15(11-6-5-7-12(16)10-11)19-17-13-8-3-4-9-14(13)18-19/h3-10,15H,2,16H2,1H3. The Bertz CT molecular complexity index is 689. The van der Waals surface area contributed by atoms with Crippen molar-refractivity contribution in [3.63, 3.8) is 0 Å². The van der Waals surface area contributed by atoms with Gasteiger partial charge in [-0.25, -0.2) is 0 Å². The molecule has 0 aliphatic heterocycles. The lowest BCUT2D eigenvalue weighted by Crippen LogP contribution is -2.17.